The summed E-state index contributed by atoms with van der Waals surface area (Å²) in [6, 6.07) is 0. The van der Waals surface area contributed by atoms with Gasteiger partial charge >= 0.3 is 0 Å². The Morgan fingerprint density at radius 2 is 2.36 bits per heavy atom. The van der Waals surface area contributed by atoms with E-state index in [0.717, 1.165) is 32.7 Å². The largest absolute Gasteiger partial charge is 0.376 e. The van der Waals surface area contributed by atoms with E-state index in [-0.39, 0.29) is 12.4 Å². The van der Waals surface area contributed by atoms with Crippen LogP contribution in [0.2, 0.25) is 0 Å². The van der Waals surface area contributed by atoms with Crippen LogP contribution >= 0.6 is 12.4 Å². The van der Waals surface area contributed by atoms with Gasteiger partial charge in [0.25, 0.3) is 0 Å². The topological polar surface area (TPSA) is 38.5 Å². The van der Waals surface area contributed by atoms with E-state index in [1.807, 2.05) is 0 Å². The maximum absolute atomic E-state index is 5.47. The zero-order chi connectivity index (χ0) is 7.40. The van der Waals surface area contributed by atoms with Crippen molar-refractivity contribution < 1.29 is 4.74 Å². The Hall–Kier alpha value is 0.170. The average Bonchev–Trinajstić information content (AvgIpc) is 1.88. The van der Waals surface area contributed by atoms with Crippen LogP contribution in [0.5, 0.6) is 0 Å². The SMILES string of the molecule is CN1CCOC(CCN)C1.Cl. The van der Waals surface area contributed by atoms with E-state index in [1.54, 1.807) is 0 Å². The first kappa shape index (κ1) is 11.2. The summed E-state index contributed by atoms with van der Waals surface area (Å²) in [5, 5.41) is 0. The number of nitrogens with zero attached hydrogens (tertiary/aromatic N) is 1. The average molecular weight is 181 g/mol. The van der Waals surface area contributed by atoms with Crippen LogP contribution < -0.4 is 5.73 Å². The van der Waals surface area contributed by atoms with Gasteiger partial charge in [0.15, 0.2) is 0 Å². The maximum atomic E-state index is 5.47. The molecule has 0 saturated carbocycles. The van der Waals surface area contributed by atoms with Crippen LogP contribution in [0.4, 0.5) is 0 Å². The monoisotopic (exact) mass is 180 g/mol. The fourth-order valence-electron chi connectivity index (χ4n) is 1.23. The number of hydrogen-bond donors (Lipinski definition) is 1. The molecule has 1 aliphatic rings. The van der Waals surface area contributed by atoms with Crippen LogP contribution in [-0.4, -0.2) is 44.3 Å². The lowest BCUT2D eigenvalue weighted by Gasteiger charge is -2.29. The predicted molar refractivity (Wildman–Crippen MR) is 48.2 cm³/mol. The minimum absolute atomic E-state index is 0. The zero-order valence-corrected chi connectivity index (χ0v) is 7.77. The molecule has 0 aromatic heterocycles. The van der Waals surface area contributed by atoms with Crippen molar-refractivity contribution in [1.29, 1.82) is 0 Å². The van der Waals surface area contributed by atoms with Crippen molar-refractivity contribution in [3.8, 4) is 0 Å². The van der Waals surface area contributed by atoms with Crippen LogP contribution in [-0.2, 0) is 4.74 Å². The van der Waals surface area contributed by atoms with E-state index in [2.05, 4.69) is 11.9 Å². The van der Waals surface area contributed by atoms with Crippen molar-refractivity contribution in [2.75, 3.05) is 33.3 Å². The highest BCUT2D eigenvalue weighted by Crippen LogP contribution is 2.04. The normalized spacial score (nSPS) is 26.2. The fraction of sp³-hybridized carbons (Fsp3) is 1.00. The molecule has 0 aromatic carbocycles. The molecule has 0 radical (unpaired) electrons. The molecular formula is C7H17ClN2O. The third-order valence-electron chi connectivity index (χ3n) is 1.83. The van der Waals surface area contributed by atoms with Gasteiger partial charge in [0, 0.05) is 13.1 Å². The van der Waals surface area contributed by atoms with Crippen molar-refractivity contribution in [3.63, 3.8) is 0 Å². The van der Waals surface area contributed by atoms with Gasteiger partial charge in [0.2, 0.25) is 0 Å². The van der Waals surface area contributed by atoms with Crippen molar-refractivity contribution in [2.45, 2.75) is 12.5 Å². The Kier molecular flexibility index (Phi) is 5.86. The molecule has 11 heavy (non-hydrogen) atoms. The van der Waals surface area contributed by atoms with Crippen molar-refractivity contribution in [1.82, 2.24) is 4.90 Å². The molecule has 3 nitrogen and oxygen atoms in total. The van der Waals surface area contributed by atoms with E-state index < -0.39 is 0 Å². The molecule has 1 heterocycles. The molecule has 68 valence electrons. The Bertz CT molecular complexity index is 100. The number of morpholine rings is 1. The molecular weight excluding hydrogens is 164 g/mol. The van der Waals surface area contributed by atoms with Gasteiger partial charge in [0.05, 0.1) is 12.7 Å². The quantitative estimate of drug-likeness (QED) is 0.655. The fourth-order valence-corrected chi connectivity index (χ4v) is 1.23. The molecule has 1 fully saturated rings. The third-order valence-corrected chi connectivity index (χ3v) is 1.83. The second kappa shape index (κ2) is 5.77. The molecule has 1 saturated heterocycles. The molecule has 0 spiro atoms. The summed E-state index contributed by atoms with van der Waals surface area (Å²) in [5.41, 5.74) is 5.41. The summed E-state index contributed by atoms with van der Waals surface area (Å²) in [7, 11) is 2.12. The highest BCUT2D eigenvalue weighted by Gasteiger charge is 2.15. The first-order valence-electron chi connectivity index (χ1n) is 3.83. The second-order valence-electron chi connectivity index (χ2n) is 2.83. The number of hydrogen-bond acceptors (Lipinski definition) is 3. The molecule has 0 bridgehead atoms. The summed E-state index contributed by atoms with van der Waals surface area (Å²) in [4.78, 5) is 2.28. The molecule has 1 atom stereocenters. The summed E-state index contributed by atoms with van der Waals surface area (Å²) < 4.78 is 5.47. The van der Waals surface area contributed by atoms with E-state index in [9.17, 15) is 0 Å². The third kappa shape index (κ3) is 3.91. The van der Waals surface area contributed by atoms with Crippen LogP contribution in [0.1, 0.15) is 6.42 Å². The van der Waals surface area contributed by atoms with Crippen LogP contribution in [0.25, 0.3) is 0 Å². The number of rotatable bonds is 2. The van der Waals surface area contributed by atoms with E-state index >= 15 is 0 Å². The number of nitrogens with two attached hydrogens (primary N) is 1. The molecule has 4 heteroatoms. The van der Waals surface area contributed by atoms with Gasteiger partial charge in [-0.1, -0.05) is 0 Å². The summed E-state index contributed by atoms with van der Waals surface area (Å²) in [5.74, 6) is 0. The molecule has 1 rings (SSSR count). The Labute approximate surface area is 74.3 Å². The lowest BCUT2D eigenvalue weighted by molar-refractivity contribution is -0.0218. The van der Waals surface area contributed by atoms with Gasteiger partial charge in [-0.25, -0.2) is 0 Å². The number of ether oxygens (including phenoxy) is 1. The van der Waals surface area contributed by atoms with Crippen LogP contribution in [0.3, 0.4) is 0 Å². The molecule has 1 unspecified atom stereocenters. The maximum Gasteiger partial charge on any atom is 0.0714 e. The molecule has 2 N–H and O–H groups in total. The number of halogens is 1. The highest BCUT2D eigenvalue weighted by atomic mass is 35.5. The minimum Gasteiger partial charge on any atom is -0.376 e. The molecule has 0 aromatic rings. The first-order chi connectivity index (χ1) is 4.83. The smallest absolute Gasteiger partial charge is 0.0714 e. The molecule has 1 aliphatic heterocycles. The van der Waals surface area contributed by atoms with Crippen molar-refractivity contribution in [2.24, 2.45) is 5.73 Å². The molecule has 0 amide bonds. The summed E-state index contributed by atoms with van der Waals surface area (Å²) in [6.45, 7) is 3.69. The van der Waals surface area contributed by atoms with Gasteiger partial charge in [-0.2, -0.15) is 0 Å². The van der Waals surface area contributed by atoms with Gasteiger partial charge in [-0.15, -0.1) is 12.4 Å². The van der Waals surface area contributed by atoms with E-state index in [0.29, 0.717) is 6.10 Å². The summed E-state index contributed by atoms with van der Waals surface area (Å²) in [6.07, 6.45) is 1.37. The first-order valence-corrected chi connectivity index (χ1v) is 3.83. The zero-order valence-electron chi connectivity index (χ0n) is 6.95. The lowest BCUT2D eigenvalue weighted by Crippen LogP contribution is -2.40. The van der Waals surface area contributed by atoms with Crippen molar-refractivity contribution in [3.05, 3.63) is 0 Å². The van der Waals surface area contributed by atoms with Crippen LogP contribution in [0.15, 0.2) is 0 Å². The van der Waals surface area contributed by atoms with E-state index in [4.69, 9.17) is 10.5 Å². The predicted octanol–water partition coefficient (Wildman–Crippen LogP) is 0.0876. The Morgan fingerprint density at radius 3 is 2.91 bits per heavy atom. The molecule has 0 aliphatic carbocycles. The van der Waals surface area contributed by atoms with Gasteiger partial charge in [-0.05, 0) is 20.0 Å². The van der Waals surface area contributed by atoms with Gasteiger partial charge in [0.1, 0.15) is 0 Å². The van der Waals surface area contributed by atoms with Crippen molar-refractivity contribution >= 4 is 12.4 Å². The van der Waals surface area contributed by atoms with Gasteiger partial charge < -0.3 is 15.4 Å². The minimum atomic E-state index is 0. The second-order valence-corrected chi connectivity index (χ2v) is 2.83. The number of likely N-dealkylation sites (N-methyl/N-ethyl adjacent to an activating group) is 1. The highest BCUT2D eigenvalue weighted by molar-refractivity contribution is 5.85. The lowest BCUT2D eigenvalue weighted by atomic mass is 10.2. The Morgan fingerprint density at radius 1 is 1.64 bits per heavy atom. The van der Waals surface area contributed by atoms with Crippen LogP contribution in [0, 0.1) is 0 Å². The van der Waals surface area contributed by atoms with E-state index in [1.165, 1.54) is 0 Å². The standard InChI is InChI=1S/C7H16N2O.ClH/c1-9-4-5-10-7(6-9)2-3-8;/h7H,2-6,8H2,1H3;1H. The Balaban J connectivity index is 0.000001000. The van der Waals surface area contributed by atoms with Gasteiger partial charge in [-0.3, -0.25) is 0 Å². The summed E-state index contributed by atoms with van der Waals surface area (Å²) >= 11 is 0.